The van der Waals surface area contributed by atoms with Gasteiger partial charge in [-0.2, -0.15) is 5.10 Å². The molecule has 1 aromatic carbocycles. The lowest BCUT2D eigenvalue weighted by Gasteiger charge is -2.16. The minimum Gasteiger partial charge on any atom is -0.325 e. The van der Waals surface area contributed by atoms with Gasteiger partial charge in [-0.05, 0) is 43.7 Å². The molecule has 1 saturated heterocycles. The highest BCUT2D eigenvalue weighted by Crippen LogP contribution is 2.15. The summed E-state index contributed by atoms with van der Waals surface area (Å²) in [6.07, 6.45) is 7.99. The molecule has 110 valence electrons. The van der Waals surface area contributed by atoms with Crippen molar-refractivity contribution in [3.8, 4) is 5.69 Å². The number of aromatic nitrogens is 2. The maximum Gasteiger partial charge on any atom is 0.241 e. The Balaban J connectivity index is 1.69. The highest BCUT2D eigenvalue weighted by atomic mass is 16.2. The van der Waals surface area contributed by atoms with E-state index in [-0.39, 0.29) is 11.9 Å². The molecule has 21 heavy (non-hydrogen) atoms. The van der Waals surface area contributed by atoms with Gasteiger partial charge >= 0.3 is 0 Å². The minimum absolute atomic E-state index is 0.0505. The van der Waals surface area contributed by atoms with Crippen LogP contribution < -0.4 is 10.6 Å². The molecular weight excluding hydrogens is 264 g/mol. The zero-order valence-corrected chi connectivity index (χ0v) is 12.0. The van der Waals surface area contributed by atoms with Crippen LogP contribution in [0, 0.1) is 0 Å². The molecule has 2 aromatic rings. The van der Waals surface area contributed by atoms with Gasteiger partial charge in [0.1, 0.15) is 0 Å². The smallest absolute Gasteiger partial charge is 0.241 e. The predicted molar refractivity (Wildman–Crippen MR) is 82.5 cm³/mol. The highest BCUT2D eigenvalue weighted by molar-refractivity contribution is 5.95. The summed E-state index contributed by atoms with van der Waals surface area (Å²) in [6.45, 7) is 0.922. The molecule has 1 atom stereocenters. The molecule has 0 radical (unpaired) electrons. The molecule has 2 heterocycles. The van der Waals surface area contributed by atoms with Crippen molar-refractivity contribution >= 4 is 11.6 Å². The summed E-state index contributed by atoms with van der Waals surface area (Å²) in [5.41, 5.74) is 1.74. The first kappa shape index (κ1) is 13.8. The van der Waals surface area contributed by atoms with Gasteiger partial charge in [0, 0.05) is 18.1 Å². The average Bonchev–Trinajstić information content (AvgIpc) is 2.90. The van der Waals surface area contributed by atoms with E-state index in [1.807, 2.05) is 36.5 Å². The number of nitrogens with one attached hydrogen (secondary N) is 2. The highest BCUT2D eigenvalue weighted by Gasteiger charge is 2.19. The van der Waals surface area contributed by atoms with Gasteiger partial charge in [-0.25, -0.2) is 4.68 Å². The normalized spacial score (nSPS) is 19.0. The Bertz CT molecular complexity index is 586. The number of carbonyl (C=O) groups is 1. The third-order valence-electron chi connectivity index (χ3n) is 3.76. The maximum atomic E-state index is 12.3. The molecule has 1 fully saturated rings. The molecule has 3 rings (SSSR count). The molecule has 0 aliphatic carbocycles. The molecule has 2 N–H and O–H groups in total. The molecule has 1 unspecified atom stereocenters. The molecule has 1 aliphatic rings. The lowest BCUT2D eigenvalue weighted by molar-refractivity contribution is -0.118. The lowest BCUT2D eigenvalue weighted by Crippen LogP contribution is -2.39. The number of rotatable bonds is 3. The van der Waals surface area contributed by atoms with Crippen LogP contribution in [0.1, 0.15) is 25.7 Å². The summed E-state index contributed by atoms with van der Waals surface area (Å²) in [7, 11) is 0. The second-order valence-electron chi connectivity index (χ2n) is 5.35. The van der Waals surface area contributed by atoms with Gasteiger partial charge in [0.25, 0.3) is 0 Å². The summed E-state index contributed by atoms with van der Waals surface area (Å²) < 4.78 is 1.78. The van der Waals surface area contributed by atoms with E-state index in [0.717, 1.165) is 37.2 Å². The summed E-state index contributed by atoms with van der Waals surface area (Å²) in [5, 5.41) is 10.5. The summed E-state index contributed by atoms with van der Waals surface area (Å²) >= 11 is 0. The molecular formula is C16H20N4O. The number of nitrogens with zero attached hydrogens (tertiary/aromatic N) is 2. The Morgan fingerprint density at radius 2 is 2.24 bits per heavy atom. The second-order valence-corrected chi connectivity index (χ2v) is 5.35. The van der Waals surface area contributed by atoms with Gasteiger partial charge in [-0.1, -0.05) is 18.9 Å². The Morgan fingerprint density at radius 3 is 3.10 bits per heavy atom. The van der Waals surface area contributed by atoms with Crippen LogP contribution in [0.3, 0.4) is 0 Å². The number of hydrogen-bond donors (Lipinski definition) is 2. The van der Waals surface area contributed by atoms with Gasteiger partial charge in [-0.3, -0.25) is 4.79 Å². The van der Waals surface area contributed by atoms with Crippen LogP contribution in [0.15, 0.2) is 42.7 Å². The second kappa shape index (κ2) is 6.54. The first-order chi connectivity index (χ1) is 10.3. The van der Waals surface area contributed by atoms with Crippen molar-refractivity contribution in [3.63, 3.8) is 0 Å². The van der Waals surface area contributed by atoms with Gasteiger partial charge in [0.05, 0.1) is 11.7 Å². The Kier molecular flexibility index (Phi) is 4.31. The average molecular weight is 284 g/mol. The van der Waals surface area contributed by atoms with E-state index in [1.165, 1.54) is 6.42 Å². The van der Waals surface area contributed by atoms with Gasteiger partial charge in [-0.15, -0.1) is 0 Å². The maximum absolute atomic E-state index is 12.3. The van der Waals surface area contributed by atoms with E-state index in [0.29, 0.717) is 0 Å². The van der Waals surface area contributed by atoms with E-state index < -0.39 is 0 Å². The Hall–Kier alpha value is -2.14. The van der Waals surface area contributed by atoms with E-state index in [4.69, 9.17) is 0 Å². The van der Waals surface area contributed by atoms with Gasteiger partial charge in [0.15, 0.2) is 0 Å². The van der Waals surface area contributed by atoms with Crippen LogP contribution in [0.25, 0.3) is 5.69 Å². The van der Waals surface area contributed by atoms with Crippen molar-refractivity contribution in [3.05, 3.63) is 42.7 Å². The molecule has 1 aliphatic heterocycles. The summed E-state index contributed by atoms with van der Waals surface area (Å²) in [5.74, 6) is 0.0505. The SMILES string of the molecule is O=C(Nc1cccc(-n2cccn2)c1)C1CCCCCN1. The van der Waals surface area contributed by atoms with Crippen molar-refractivity contribution in [1.29, 1.82) is 0 Å². The third kappa shape index (κ3) is 3.49. The number of benzene rings is 1. The van der Waals surface area contributed by atoms with Crippen LogP contribution in [0.4, 0.5) is 5.69 Å². The number of amides is 1. The van der Waals surface area contributed by atoms with Crippen molar-refractivity contribution in [2.45, 2.75) is 31.7 Å². The molecule has 0 saturated carbocycles. The first-order valence-electron chi connectivity index (χ1n) is 7.47. The predicted octanol–water partition coefficient (Wildman–Crippen LogP) is 2.34. The van der Waals surface area contributed by atoms with Gasteiger partial charge < -0.3 is 10.6 Å². The van der Waals surface area contributed by atoms with Crippen LogP contribution in [0.2, 0.25) is 0 Å². The largest absolute Gasteiger partial charge is 0.325 e. The number of anilines is 1. The summed E-state index contributed by atoms with van der Waals surface area (Å²) in [6, 6.07) is 9.52. The molecule has 1 amide bonds. The Labute approximate surface area is 124 Å². The van der Waals surface area contributed by atoms with E-state index in [9.17, 15) is 4.79 Å². The fourth-order valence-electron chi connectivity index (χ4n) is 2.63. The van der Waals surface area contributed by atoms with Crippen molar-refractivity contribution < 1.29 is 4.79 Å². The molecule has 5 heteroatoms. The van der Waals surface area contributed by atoms with E-state index >= 15 is 0 Å². The van der Waals surface area contributed by atoms with Crippen molar-refractivity contribution in [2.24, 2.45) is 0 Å². The molecule has 0 spiro atoms. The van der Waals surface area contributed by atoms with Crippen LogP contribution in [0.5, 0.6) is 0 Å². The fraction of sp³-hybridized carbons (Fsp3) is 0.375. The van der Waals surface area contributed by atoms with E-state index in [2.05, 4.69) is 15.7 Å². The third-order valence-corrected chi connectivity index (χ3v) is 3.76. The minimum atomic E-state index is -0.0825. The van der Waals surface area contributed by atoms with Crippen molar-refractivity contribution in [1.82, 2.24) is 15.1 Å². The molecule has 5 nitrogen and oxygen atoms in total. The van der Waals surface area contributed by atoms with Crippen molar-refractivity contribution in [2.75, 3.05) is 11.9 Å². The number of hydrogen-bond acceptors (Lipinski definition) is 3. The monoisotopic (exact) mass is 284 g/mol. The van der Waals surface area contributed by atoms with Crippen LogP contribution >= 0.6 is 0 Å². The first-order valence-corrected chi connectivity index (χ1v) is 7.47. The summed E-state index contributed by atoms with van der Waals surface area (Å²) in [4.78, 5) is 12.3. The van der Waals surface area contributed by atoms with Crippen LogP contribution in [-0.4, -0.2) is 28.3 Å². The molecule has 0 bridgehead atoms. The van der Waals surface area contributed by atoms with Gasteiger partial charge in [0.2, 0.25) is 5.91 Å². The number of carbonyl (C=O) groups excluding carboxylic acids is 1. The fourth-order valence-corrected chi connectivity index (χ4v) is 2.63. The van der Waals surface area contributed by atoms with Crippen LogP contribution in [-0.2, 0) is 4.79 Å². The molecule has 1 aromatic heterocycles. The zero-order valence-electron chi connectivity index (χ0n) is 12.0. The van der Waals surface area contributed by atoms with E-state index in [1.54, 1.807) is 10.9 Å². The Morgan fingerprint density at radius 1 is 1.29 bits per heavy atom. The zero-order chi connectivity index (χ0) is 14.5. The standard InChI is InChI=1S/C16H20N4O/c21-16(15-8-2-1-3-9-17-15)19-13-6-4-7-14(12-13)20-11-5-10-18-20/h4-7,10-12,15,17H,1-3,8-9H2,(H,19,21). The topological polar surface area (TPSA) is 59.0 Å². The quantitative estimate of drug-likeness (QED) is 0.909. The lowest BCUT2D eigenvalue weighted by atomic mass is 10.1.